The number of hydrogen-bond donors (Lipinski definition) is 1. The number of hydrogen-bond acceptors (Lipinski definition) is 2. The lowest BCUT2D eigenvalue weighted by molar-refractivity contribution is -0.143. The van der Waals surface area contributed by atoms with E-state index in [9.17, 15) is 18.4 Å². The number of primary amides is 1. The van der Waals surface area contributed by atoms with Gasteiger partial charge in [0.05, 0.1) is 0 Å². The molecule has 0 fully saturated rings. The van der Waals surface area contributed by atoms with Crippen molar-refractivity contribution in [2.75, 3.05) is 6.54 Å². The maximum atomic E-state index is 12.4. The van der Waals surface area contributed by atoms with Gasteiger partial charge in [0, 0.05) is 19.5 Å². The Kier molecular flexibility index (Phi) is 5.23. The van der Waals surface area contributed by atoms with Crippen molar-refractivity contribution in [3.8, 4) is 0 Å². The number of carbonyl (C=O) groups excluding carboxylic acids is 2. The van der Waals surface area contributed by atoms with Gasteiger partial charge in [0.1, 0.15) is 0 Å². The van der Waals surface area contributed by atoms with Crippen molar-refractivity contribution < 1.29 is 18.4 Å². The van der Waals surface area contributed by atoms with Crippen LogP contribution in [0.3, 0.4) is 0 Å². The monoisotopic (exact) mass is 256 g/mol. The van der Waals surface area contributed by atoms with Crippen LogP contribution in [0.1, 0.15) is 12.0 Å². The fourth-order valence-corrected chi connectivity index (χ4v) is 1.45. The SMILES string of the molecule is NC(=O)CCN(Cc1ccccc1)C(=O)C(F)F. The zero-order valence-electron chi connectivity index (χ0n) is 9.68. The molecule has 1 rings (SSSR count). The maximum Gasteiger partial charge on any atom is 0.315 e. The Labute approximate surface area is 103 Å². The molecule has 0 spiro atoms. The normalized spacial score (nSPS) is 10.4. The third kappa shape index (κ3) is 4.48. The smallest absolute Gasteiger partial charge is 0.315 e. The predicted octanol–water partition coefficient (Wildman–Crippen LogP) is 1.16. The number of nitrogens with zero attached hydrogens (tertiary/aromatic N) is 1. The van der Waals surface area contributed by atoms with Crippen molar-refractivity contribution in [3.63, 3.8) is 0 Å². The minimum atomic E-state index is -3.08. The van der Waals surface area contributed by atoms with E-state index in [1.165, 1.54) is 0 Å². The molecule has 0 radical (unpaired) electrons. The van der Waals surface area contributed by atoms with Gasteiger partial charge in [0.2, 0.25) is 5.91 Å². The number of amides is 2. The van der Waals surface area contributed by atoms with Crippen LogP contribution in [0.25, 0.3) is 0 Å². The van der Waals surface area contributed by atoms with Crippen LogP contribution in [0.15, 0.2) is 30.3 Å². The maximum absolute atomic E-state index is 12.4. The zero-order chi connectivity index (χ0) is 13.5. The van der Waals surface area contributed by atoms with Crippen LogP contribution in [0, 0.1) is 0 Å². The second kappa shape index (κ2) is 6.68. The quantitative estimate of drug-likeness (QED) is 0.830. The van der Waals surface area contributed by atoms with Gasteiger partial charge < -0.3 is 10.6 Å². The Morgan fingerprint density at radius 2 is 1.83 bits per heavy atom. The highest BCUT2D eigenvalue weighted by Crippen LogP contribution is 2.09. The molecule has 0 heterocycles. The molecule has 0 aliphatic rings. The molecule has 2 amide bonds. The minimum absolute atomic E-state index is 0.0390. The highest BCUT2D eigenvalue weighted by Gasteiger charge is 2.23. The molecule has 18 heavy (non-hydrogen) atoms. The summed E-state index contributed by atoms with van der Waals surface area (Å²) in [6.07, 6.45) is -3.22. The van der Waals surface area contributed by atoms with Crippen molar-refractivity contribution in [3.05, 3.63) is 35.9 Å². The fraction of sp³-hybridized carbons (Fsp3) is 0.333. The number of rotatable bonds is 6. The van der Waals surface area contributed by atoms with Crippen LogP contribution >= 0.6 is 0 Å². The third-order valence-corrected chi connectivity index (χ3v) is 2.34. The van der Waals surface area contributed by atoms with Crippen molar-refractivity contribution in [2.45, 2.75) is 19.4 Å². The average molecular weight is 256 g/mol. The first kappa shape index (κ1) is 14.1. The van der Waals surface area contributed by atoms with E-state index in [4.69, 9.17) is 5.73 Å². The molecule has 0 aromatic heterocycles. The number of carbonyl (C=O) groups is 2. The molecule has 0 bridgehead atoms. The van der Waals surface area contributed by atoms with Gasteiger partial charge in [-0.2, -0.15) is 8.78 Å². The van der Waals surface area contributed by atoms with Gasteiger partial charge in [-0.05, 0) is 5.56 Å². The first-order valence-corrected chi connectivity index (χ1v) is 5.40. The zero-order valence-corrected chi connectivity index (χ0v) is 9.68. The minimum Gasteiger partial charge on any atom is -0.370 e. The summed E-state index contributed by atoms with van der Waals surface area (Å²) in [4.78, 5) is 22.9. The summed E-state index contributed by atoms with van der Waals surface area (Å²) >= 11 is 0. The molecule has 0 atom stereocenters. The summed E-state index contributed by atoms with van der Waals surface area (Å²) in [5, 5.41) is 0. The van der Waals surface area contributed by atoms with E-state index in [2.05, 4.69) is 0 Å². The lowest BCUT2D eigenvalue weighted by Crippen LogP contribution is -2.37. The Hall–Kier alpha value is -1.98. The molecule has 6 heteroatoms. The molecule has 1 aromatic rings. The lowest BCUT2D eigenvalue weighted by atomic mass is 10.2. The van der Waals surface area contributed by atoms with E-state index in [1.54, 1.807) is 30.3 Å². The second-order valence-electron chi connectivity index (χ2n) is 3.76. The summed E-state index contributed by atoms with van der Waals surface area (Å²) in [6, 6.07) is 8.71. The van der Waals surface area contributed by atoms with Crippen LogP contribution in [0.4, 0.5) is 8.78 Å². The summed E-state index contributed by atoms with van der Waals surface area (Å²) in [5.74, 6) is -1.92. The van der Waals surface area contributed by atoms with Crippen LogP contribution in [-0.4, -0.2) is 29.7 Å². The Bertz CT molecular complexity index is 410. The Morgan fingerprint density at radius 3 is 2.33 bits per heavy atom. The van der Waals surface area contributed by atoms with Crippen molar-refractivity contribution in [1.29, 1.82) is 0 Å². The molecule has 0 unspecified atom stereocenters. The summed E-state index contributed by atoms with van der Waals surface area (Å²) in [6.45, 7) is -0.0648. The summed E-state index contributed by atoms with van der Waals surface area (Å²) < 4.78 is 24.8. The van der Waals surface area contributed by atoms with E-state index in [1.807, 2.05) is 0 Å². The summed E-state index contributed by atoms with van der Waals surface area (Å²) in [5.41, 5.74) is 5.66. The van der Waals surface area contributed by atoms with Gasteiger partial charge in [-0.1, -0.05) is 30.3 Å². The van der Waals surface area contributed by atoms with Gasteiger partial charge in [-0.15, -0.1) is 0 Å². The van der Waals surface area contributed by atoms with Crippen molar-refractivity contribution >= 4 is 11.8 Å². The van der Waals surface area contributed by atoms with E-state index < -0.39 is 18.2 Å². The molecule has 0 saturated carbocycles. The summed E-state index contributed by atoms with van der Waals surface area (Å²) in [7, 11) is 0. The van der Waals surface area contributed by atoms with Gasteiger partial charge >= 0.3 is 6.43 Å². The Balaban J connectivity index is 2.71. The number of halogens is 2. The van der Waals surface area contributed by atoms with Gasteiger partial charge in [0.15, 0.2) is 0 Å². The molecule has 0 aliphatic heterocycles. The molecular formula is C12H14F2N2O2. The van der Waals surface area contributed by atoms with Gasteiger partial charge in [-0.25, -0.2) is 0 Å². The molecule has 1 aromatic carbocycles. The van der Waals surface area contributed by atoms with Crippen molar-refractivity contribution in [1.82, 2.24) is 4.90 Å². The van der Waals surface area contributed by atoms with E-state index in [-0.39, 0.29) is 19.5 Å². The van der Waals surface area contributed by atoms with E-state index in [0.717, 1.165) is 10.5 Å². The molecule has 98 valence electrons. The van der Waals surface area contributed by atoms with Gasteiger partial charge in [-0.3, -0.25) is 9.59 Å². The van der Waals surface area contributed by atoms with Crippen LogP contribution in [0.5, 0.6) is 0 Å². The first-order chi connectivity index (χ1) is 8.50. The van der Waals surface area contributed by atoms with Crippen LogP contribution in [-0.2, 0) is 16.1 Å². The number of alkyl halides is 2. The van der Waals surface area contributed by atoms with Crippen molar-refractivity contribution in [2.24, 2.45) is 5.73 Å². The highest BCUT2D eigenvalue weighted by atomic mass is 19.3. The topological polar surface area (TPSA) is 63.4 Å². The predicted molar refractivity (Wildman–Crippen MR) is 61.7 cm³/mol. The third-order valence-electron chi connectivity index (χ3n) is 2.34. The molecule has 0 saturated heterocycles. The Morgan fingerprint density at radius 1 is 1.22 bits per heavy atom. The number of benzene rings is 1. The average Bonchev–Trinajstić information content (AvgIpc) is 2.34. The number of nitrogens with two attached hydrogens (primary N) is 1. The van der Waals surface area contributed by atoms with Crippen LogP contribution < -0.4 is 5.73 Å². The highest BCUT2D eigenvalue weighted by molar-refractivity contribution is 5.80. The molecular weight excluding hydrogens is 242 g/mol. The second-order valence-corrected chi connectivity index (χ2v) is 3.76. The van der Waals surface area contributed by atoms with Gasteiger partial charge in [0.25, 0.3) is 5.91 Å². The van der Waals surface area contributed by atoms with E-state index >= 15 is 0 Å². The standard InChI is InChI=1S/C12H14F2N2O2/c13-11(14)12(18)16(7-6-10(15)17)8-9-4-2-1-3-5-9/h1-5,11H,6-8H2,(H2,15,17). The first-order valence-electron chi connectivity index (χ1n) is 5.40. The molecule has 2 N–H and O–H groups in total. The molecule has 0 aliphatic carbocycles. The molecule has 4 nitrogen and oxygen atoms in total. The lowest BCUT2D eigenvalue weighted by Gasteiger charge is -2.21. The fourth-order valence-electron chi connectivity index (χ4n) is 1.45. The largest absolute Gasteiger partial charge is 0.370 e. The van der Waals surface area contributed by atoms with E-state index in [0.29, 0.717) is 0 Å². The van der Waals surface area contributed by atoms with Crippen LogP contribution in [0.2, 0.25) is 0 Å².